The highest BCUT2D eigenvalue weighted by Crippen LogP contribution is 2.33. The molecule has 0 aromatic rings. The van der Waals surface area contributed by atoms with Crippen LogP contribution in [0.2, 0.25) is 0 Å². The van der Waals surface area contributed by atoms with Crippen molar-refractivity contribution in [1.82, 2.24) is 4.90 Å². The minimum atomic E-state index is 0.234. The molecule has 0 radical (unpaired) electrons. The van der Waals surface area contributed by atoms with Crippen molar-refractivity contribution in [3.63, 3.8) is 0 Å². The Morgan fingerprint density at radius 2 is 1.88 bits per heavy atom. The second-order valence-corrected chi connectivity index (χ2v) is 5.77. The van der Waals surface area contributed by atoms with Crippen LogP contribution in [0.5, 0.6) is 0 Å². The van der Waals surface area contributed by atoms with E-state index in [1.807, 2.05) is 0 Å². The lowest BCUT2D eigenvalue weighted by atomic mass is 9.87. The summed E-state index contributed by atoms with van der Waals surface area (Å²) >= 11 is 0. The average Bonchev–Trinajstić information content (AvgIpc) is 2.79. The third-order valence-corrected chi connectivity index (χ3v) is 4.98. The summed E-state index contributed by atoms with van der Waals surface area (Å²) in [6, 6.07) is 1.12. The second kappa shape index (κ2) is 4.87. The first-order chi connectivity index (χ1) is 7.61. The summed E-state index contributed by atoms with van der Waals surface area (Å²) in [5, 5.41) is 0. The lowest BCUT2D eigenvalue weighted by Gasteiger charge is -2.43. The van der Waals surface area contributed by atoms with Crippen molar-refractivity contribution in [2.75, 3.05) is 6.54 Å². The maximum atomic E-state index is 11.7. The predicted molar refractivity (Wildman–Crippen MR) is 66.4 cm³/mol. The van der Waals surface area contributed by atoms with Gasteiger partial charge in [0.2, 0.25) is 0 Å². The van der Waals surface area contributed by atoms with Crippen molar-refractivity contribution >= 4 is 5.78 Å². The van der Waals surface area contributed by atoms with Crippen LogP contribution in [0.4, 0.5) is 0 Å². The molecule has 3 unspecified atom stereocenters. The summed E-state index contributed by atoms with van der Waals surface area (Å²) in [7, 11) is 0. The fraction of sp³-hybridized carbons (Fsp3) is 0.929. The molecule has 1 aliphatic carbocycles. The molecule has 1 saturated carbocycles. The molecule has 2 heteroatoms. The van der Waals surface area contributed by atoms with Crippen LogP contribution in [0.25, 0.3) is 0 Å². The Balaban J connectivity index is 2.00. The SMILES string of the molecule is CC1C(=O)CCN(C(C)C2CCCC2)C1C. The molecule has 1 aliphatic heterocycles. The van der Waals surface area contributed by atoms with E-state index in [4.69, 9.17) is 0 Å². The predicted octanol–water partition coefficient (Wildman–Crippen LogP) is 2.86. The van der Waals surface area contributed by atoms with E-state index in [-0.39, 0.29) is 5.92 Å². The number of likely N-dealkylation sites (tertiary alicyclic amines) is 1. The number of nitrogens with zero attached hydrogens (tertiary/aromatic N) is 1. The standard InChI is InChI=1S/C14H25NO/c1-10-11(2)15(9-8-14(10)16)12(3)13-6-4-5-7-13/h10-13H,4-9H2,1-3H3. The quantitative estimate of drug-likeness (QED) is 0.717. The van der Waals surface area contributed by atoms with Gasteiger partial charge in [-0.05, 0) is 32.6 Å². The molecule has 2 nitrogen and oxygen atoms in total. The topological polar surface area (TPSA) is 20.3 Å². The van der Waals surface area contributed by atoms with Crippen LogP contribution in [-0.4, -0.2) is 29.3 Å². The molecular formula is C14H25NO. The van der Waals surface area contributed by atoms with Crippen LogP contribution in [0.3, 0.4) is 0 Å². The van der Waals surface area contributed by atoms with Gasteiger partial charge < -0.3 is 0 Å². The van der Waals surface area contributed by atoms with E-state index in [0.717, 1.165) is 18.9 Å². The molecule has 0 aromatic carbocycles. The van der Waals surface area contributed by atoms with E-state index in [2.05, 4.69) is 25.7 Å². The lowest BCUT2D eigenvalue weighted by molar-refractivity contribution is -0.129. The number of carbonyl (C=O) groups excluding carboxylic acids is 1. The molecule has 1 saturated heterocycles. The molecule has 2 aliphatic rings. The Morgan fingerprint density at radius 3 is 2.50 bits per heavy atom. The van der Waals surface area contributed by atoms with Crippen molar-refractivity contribution in [2.24, 2.45) is 11.8 Å². The largest absolute Gasteiger partial charge is 0.299 e. The smallest absolute Gasteiger partial charge is 0.138 e. The third kappa shape index (κ3) is 2.17. The molecule has 0 spiro atoms. The zero-order valence-electron chi connectivity index (χ0n) is 10.9. The minimum Gasteiger partial charge on any atom is -0.299 e. The van der Waals surface area contributed by atoms with Crippen LogP contribution >= 0.6 is 0 Å². The molecule has 0 aromatic heterocycles. The van der Waals surface area contributed by atoms with E-state index in [9.17, 15) is 4.79 Å². The van der Waals surface area contributed by atoms with Crippen molar-refractivity contribution in [1.29, 1.82) is 0 Å². The van der Waals surface area contributed by atoms with Gasteiger partial charge in [-0.2, -0.15) is 0 Å². The van der Waals surface area contributed by atoms with Crippen LogP contribution < -0.4 is 0 Å². The lowest BCUT2D eigenvalue weighted by Crippen LogP contribution is -2.52. The van der Waals surface area contributed by atoms with Crippen molar-refractivity contribution in [2.45, 2.75) is 65.0 Å². The highest BCUT2D eigenvalue weighted by Gasteiger charge is 2.36. The van der Waals surface area contributed by atoms with Crippen molar-refractivity contribution < 1.29 is 4.79 Å². The van der Waals surface area contributed by atoms with Crippen molar-refractivity contribution in [3.05, 3.63) is 0 Å². The molecule has 0 bridgehead atoms. The molecule has 3 atom stereocenters. The summed E-state index contributed by atoms with van der Waals surface area (Å²) < 4.78 is 0. The van der Waals surface area contributed by atoms with E-state index in [1.54, 1.807) is 0 Å². The zero-order chi connectivity index (χ0) is 11.7. The van der Waals surface area contributed by atoms with E-state index < -0.39 is 0 Å². The van der Waals surface area contributed by atoms with E-state index in [0.29, 0.717) is 17.9 Å². The van der Waals surface area contributed by atoms with Gasteiger partial charge in [0.15, 0.2) is 0 Å². The highest BCUT2D eigenvalue weighted by atomic mass is 16.1. The molecule has 0 amide bonds. The number of rotatable bonds is 2. The first-order valence-corrected chi connectivity index (χ1v) is 6.89. The van der Waals surface area contributed by atoms with Gasteiger partial charge >= 0.3 is 0 Å². The van der Waals surface area contributed by atoms with Crippen LogP contribution in [0, 0.1) is 11.8 Å². The summed E-state index contributed by atoms with van der Waals surface area (Å²) in [5.74, 6) is 1.57. The van der Waals surface area contributed by atoms with Gasteiger partial charge in [-0.1, -0.05) is 19.8 Å². The maximum Gasteiger partial charge on any atom is 0.138 e. The first-order valence-electron chi connectivity index (χ1n) is 6.89. The van der Waals surface area contributed by atoms with E-state index >= 15 is 0 Å². The fourth-order valence-corrected chi connectivity index (χ4v) is 3.51. The summed E-state index contributed by atoms with van der Waals surface area (Å²) in [5.41, 5.74) is 0. The zero-order valence-corrected chi connectivity index (χ0v) is 10.9. The molecule has 16 heavy (non-hydrogen) atoms. The third-order valence-electron chi connectivity index (χ3n) is 4.98. The number of hydrogen-bond donors (Lipinski definition) is 0. The van der Waals surface area contributed by atoms with Gasteiger partial charge in [-0.15, -0.1) is 0 Å². The highest BCUT2D eigenvalue weighted by molar-refractivity contribution is 5.82. The Hall–Kier alpha value is -0.370. The number of Topliss-reactive ketones (excluding diaryl/α,β-unsaturated/α-hetero) is 1. The van der Waals surface area contributed by atoms with Crippen LogP contribution in [0.1, 0.15) is 52.9 Å². The number of ketones is 1. The van der Waals surface area contributed by atoms with E-state index in [1.165, 1.54) is 25.7 Å². The maximum absolute atomic E-state index is 11.7. The number of carbonyl (C=O) groups is 1. The summed E-state index contributed by atoms with van der Waals surface area (Å²) in [6.45, 7) is 7.69. The van der Waals surface area contributed by atoms with Crippen molar-refractivity contribution in [3.8, 4) is 0 Å². The number of piperidine rings is 1. The molecule has 92 valence electrons. The Bertz CT molecular complexity index is 257. The summed E-state index contributed by atoms with van der Waals surface area (Å²) in [6.07, 6.45) is 6.37. The molecule has 1 heterocycles. The monoisotopic (exact) mass is 223 g/mol. The Labute approximate surface area is 99.4 Å². The van der Waals surface area contributed by atoms with Crippen LogP contribution in [0.15, 0.2) is 0 Å². The summed E-state index contributed by atoms with van der Waals surface area (Å²) in [4.78, 5) is 14.3. The Morgan fingerprint density at radius 1 is 1.25 bits per heavy atom. The average molecular weight is 223 g/mol. The first kappa shape index (κ1) is 12.1. The second-order valence-electron chi connectivity index (χ2n) is 5.77. The molecule has 2 fully saturated rings. The van der Waals surface area contributed by atoms with Gasteiger partial charge in [0, 0.05) is 31.0 Å². The van der Waals surface area contributed by atoms with Gasteiger partial charge in [0.1, 0.15) is 5.78 Å². The molecule has 2 rings (SSSR count). The number of hydrogen-bond acceptors (Lipinski definition) is 2. The van der Waals surface area contributed by atoms with Gasteiger partial charge in [-0.25, -0.2) is 0 Å². The van der Waals surface area contributed by atoms with Crippen LogP contribution in [-0.2, 0) is 4.79 Å². The normalized spacial score (nSPS) is 35.6. The van der Waals surface area contributed by atoms with Gasteiger partial charge in [0.05, 0.1) is 0 Å². The molecule has 0 N–H and O–H groups in total. The van der Waals surface area contributed by atoms with Gasteiger partial charge in [-0.3, -0.25) is 9.69 Å². The Kier molecular flexibility index (Phi) is 3.68. The molecular weight excluding hydrogens is 198 g/mol. The van der Waals surface area contributed by atoms with Gasteiger partial charge in [0.25, 0.3) is 0 Å². The minimum absolute atomic E-state index is 0.234. The fourth-order valence-electron chi connectivity index (χ4n) is 3.51.